The Labute approximate surface area is 331 Å². The first-order chi connectivity index (χ1) is 28.2. The average molecular weight is 749 g/mol. The number of amidine groups is 2. The third-order valence-corrected chi connectivity index (χ3v) is 12.5. The molecule has 0 radical (unpaired) electrons. The van der Waals surface area contributed by atoms with Crippen LogP contribution in [0.25, 0.3) is 80.7 Å². The van der Waals surface area contributed by atoms with Crippen LogP contribution >= 0.6 is 11.3 Å². The molecule has 1 aliphatic rings. The van der Waals surface area contributed by atoms with Crippen LogP contribution in [0.1, 0.15) is 22.9 Å². The number of para-hydroxylation sites is 2. The molecular weight excluding hydrogens is 717 g/mol. The highest BCUT2D eigenvalue weighted by Crippen LogP contribution is 2.43. The fourth-order valence-electron chi connectivity index (χ4n) is 8.65. The quantitative estimate of drug-likeness (QED) is 0.191. The molecule has 57 heavy (non-hydrogen) atoms. The average Bonchev–Trinajstić information content (AvgIpc) is 3.96. The number of aromatic nitrogens is 1. The second-order valence-electron chi connectivity index (χ2n) is 14.6. The van der Waals surface area contributed by atoms with E-state index < -0.39 is 0 Å². The zero-order chi connectivity index (χ0) is 37.5. The molecule has 1 aliphatic heterocycles. The summed E-state index contributed by atoms with van der Waals surface area (Å²) in [6.45, 7) is 0. The minimum absolute atomic E-state index is 0.266. The van der Waals surface area contributed by atoms with Crippen molar-refractivity contribution in [1.82, 2.24) is 9.88 Å². The van der Waals surface area contributed by atoms with E-state index in [0.29, 0.717) is 0 Å². The van der Waals surface area contributed by atoms with Crippen molar-refractivity contribution in [3.8, 4) is 16.8 Å². The van der Waals surface area contributed by atoms with Crippen molar-refractivity contribution in [2.24, 2.45) is 9.98 Å². The largest absolute Gasteiger partial charge is 0.456 e. The van der Waals surface area contributed by atoms with E-state index in [4.69, 9.17) is 14.4 Å². The van der Waals surface area contributed by atoms with Gasteiger partial charge in [-0.05, 0) is 65.2 Å². The Morgan fingerprint density at radius 3 is 2.04 bits per heavy atom. The number of fused-ring (bicyclic) bond motifs is 9. The minimum Gasteiger partial charge on any atom is -0.456 e. The van der Waals surface area contributed by atoms with Gasteiger partial charge in [0.25, 0.3) is 0 Å². The van der Waals surface area contributed by atoms with Crippen LogP contribution in [0.4, 0.5) is 0 Å². The molecule has 5 nitrogen and oxygen atoms in total. The maximum Gasteiger partial charge on any atom is 0.159 e. The lowest BCUT2D eigenvalue weighted by Gasteiger charge is -2.24. The molecule has 6 heteroatoms. The number of hydrogen-bond donors (Lipinski definition) is 1. The normalized spacial score (nSPS) is 14.5. The second kappa shape index (κ2) is 12.6. The summed E-state index contributed by atoms with van der Waals surface area (Å²) in [5, 5.41) is 10.8. The molecule has 11 aromatic rings. The number of thiophene rings is 1. The van der Waals surface area contributed by atoms with Gasteiger partial charge < -0.3 is 14.3 Å². The van der Waals surface area contributed by atoms with E-state index in [1.807, 2.05) is 35.6 Å². The summed E-state index contributed by atoms with van der Waals surface area (Å²) in [5.74, 6) is 1.54. The van der Waals surface area contributed by atoms with Crippen molar-refractivity contribution in [3.05, 3.63) is 199 Å². The molecule has 4 heterocycles. The van der Waals surface area contributed by atoms with E-state index >= 15 is 0 Å². The maximum absolute atomic E-state index is 6.58. The lowest BCUT2D eigenvalue weighted by molar-refractivity contribution is 0.669. The molecule has 0 saturated carbocycles. The Morgan fingerprint density at radius 1 is 0.526 bits per heavy atom. The third-order valence-electron chi connectivity index (χ3n) is 11.3. The summed E-state index contributed by atoms with van der Waals surface area (Å²) >= 11 is 1.82. The highest BCUT2D eigenvalue weighted by molar-refractivity contribution is 7.26. The van der Waals surface area contributed by atoms with Crippen LogP contribution < -0.4 is 5.32 Å². The van der Waals surface area contributed by atoms with Crippen LogP contribution in [0.2, 0.25) is 0 Å². The minimum atomic E-state index is -0.266. The van der Waals surface area contributed by atoms with Crippen LogP contribution in [0.5, 0.6) is 0 Å². The maximum atomic E-state index is 6.58. The monoisotopic (exact) mass is 748 g/mol. The first-order valence-electron chi connectivity index (χ1n) is 19.2. The van der Waals surface area contributed by atoms with Crippen molar-refractivity contribution >= 4 is 86.9 Å². The molecule has 12 rings (SSSR count). The van der Waals surface area contributed by atoms with Gasteiger partial charge in [0, 0.05) is 58.5 Å². The summed E-state index contributed by atoms with van der Waals surface area (Å²) in [6.07, 6.45) is -0.266. The van der Waals surface area contributed by atoms with Crippen LogP contribution in [0.3, 0.4) is 0 Å². The zero-order valence-electron chi connectivity index (χ0n) is 30.6. The number of rotatable bonds is 5. The first kappa shape index (κ1) is 32.0. The van der Waals surface area contributed by atoms with Gasteiger partial charge in [-0.3, -0.25) is 0 Å². The number of benzene rings is 8. The van der Waals surface area contributed by atoms with Crippen LogP contribution in [-0.4, -0.2) is 16.2 Å². The smallest absolute Gasteiger partial charge is 0.159 e. The molecule has 268 valence electrons. The Balaban J connectivity index is 0.973. The van der Waals surface area contributed by atoms with Crippen molar-refractivity contribution in [2.75, 3.05) is 0 Å². The summed E-state index contributed by atoms with van der Waals surface area (Å²) in [6, 6.07) is 64.3. The van der Waals surface area contributed by atoms with Crippen molar-refractivity contribution in [1.29, 1.82) is 0 Å². The zero-order valence-corrected chi connectivity index (χ0v) is 31.4. The number of nitrogens with one attached hydrogen (secondary N) is 1. The predicted octanol–water partition coefficient (Wildman–Crippen LogP) is 13.2. The predicted molar refractivity (Wildman–Crippen MR) is 238 cm³/mol. The van der Waals surface area contributed by atoms with Gasteiger partial charge in [0.05, 0.1) is 11.0 Å². The second-order valence-corrected chi connectivity index (χ2v) is 15.6. The molecule has 0 spiro atoms. The van der Waals surface area contributed by atoms with Gasteiger partial charge in [0.1, 0.15) is 23.2 Å². The molecule has 0 saturated heterocycles. The lowest BCUT2D eigenvalue weighted by Crippen LogP contribution is -2.33. The van der Waals surface area contributed by atoms with E-state index in [0.717, 1.165) is 61.6 Å². The van der Waals surface area contributed by atoms with Gasteiger partial charge in [-0.25, -0.2) is 9.98 Å². The molecule has 0 amide bonds. The molecule has 1 N–H and O–H groups in total. The lowest BCUT2D eigenvalue weighted by atomic mass is 9.99. The van der Waals surface area contributed by atoms with Gasteiger partial charge >= 0.3 is 0 Å². The van der Waals surface area contributed by atoms with Crippen molar-refractivity contribution < 1.29 is 4.42 Å². The van der Waals surface area contributed by atoms with Crippen LogP contribution in [-0.2, 0) is 0 Å². The van der Waals surface area contributed by atoms with Gasteiger partial charge in [0.15, 0.2) is 5.84 Å². The van der Waals surface area contributed by atoms with E-state index in [-0.39, 0.29) is 6.17 Å². The third kappa shape index (κ3) is 5.08. The number of aliphatic imine (C=N–C) groups is 2. The number of furan rings is 1. The Kier molecular flexibility index (Phi) is 7.09. The van der Waals surface area contributed by atoms with Crippen molar-refractivity contribution in [2.45, 2.75) is 6.17 Å². The van der Waals surface area contributed by atoms with Gasteiger partial charge in [-0.15, -0.1) is 11.3 Å². The summed E-state index contributed by atoms with van der Waals surface area (Å²) in [5.41, 5.74) is 10.7. The van der Waals surface area contributed by atoms with Crippen LogP contribution in [0.15, 0.2) is 196 Å². The van der Waals surface area contributed by atoms with E-state index in [1.165, 1.54) is 47.5 Å². The summed E-state index contributed by atoms with van der Waals surface area (Å²) in [4.78, 5) is 10.2. The Bertz CT molecular complexity index is 3390. The molecular formula is C51H32N4OS. The van der Waals surface area contributed by atoms with E-state index in [2.05, 4.69) is 168 Å². The van der Waals surface area contributed by atoms with Crippen molar-refractivity contribution in [3.63, 3.8) is 0 Å². The standard InChI is InChI=1S/C51H32N4OS/c1-3-13-31(14-4-1)49-52-50(32-15-5-2-6-16-32)54-51(53-49)40-21-12-24-46-47(40)39-20-11-19-35(48(39)57-46)33-25-27-38-41-30-34(26-28-44(41)56-45(38)29-33)55-42-22-9-7-17-36(42)37-18-8-10-23-43(37)55/h1-30,49H,(H,52,53,54). The molecule has 1 atom stereocenters. The fraction of sp³-hybridized carbons (Fsp3) is 0.0196. The van der Waals surface area contributed by atoms with Gasteiger partial charge in [-0.1, -0.05) is 133 Å². The molecule has 1 unspecified atom stereocenters. The molecule has 3 aromatic heterocycles. The number of nitrogens with zero attached hydrogens (tertiary/aromatic N) is 3. The van der Waals surface area contributed by atoms with E-state index in [9.17, 15) is 0 Å². The first-order valence-corrected chi connectivity index (χ1v) is 20.0. The molecule has 0 aliphatic carbocycles. The topological polar surface area (TPSA) is 54.8 Å². The molecule has 0 bridgehead atoms. The summed E-state index contributed by atoms with van der Waals surface area (Å²) < 4.78 is 11.4. The highest BCUT2D eigenvalue weighted by atomic mass is 32.1. The van der Waals surface area contributed by atoms with Gasteiger partial charge in [0.2, 0.25) is 0 Å². The number of hydrogen-bond acceptors (Lipinski definition) is 5. The summed E-state index contributed by atoms with van der Waals surface area (Å²) in [7, 11) is 0. The fourth-order valence-corrected chi connectivity index (χ4v) is 9.92. The molecule has 0 fully saturated rings. The van der Waals surface area contributed by atoms with Gasteiger partial charge in [-0.2, -0.15) is 0 Å². The Hall–Kier alpha value is -7.28. The van der Waals surface area contributed by atoms with E-state index in [1.54, 1.807) is 0 Å². The highest BCUT2D eigenvalue weighted by Gasteiger charge is 2.24. The van der Waals surface area contributed by atoms with Crippen LogP contribution in [0, 0.1) is 0 Å². The molecule has 8 aromatic carbocycles. The Morgan fingerprint density at radius 2 is 1.23 bits per heavy atom. The SMILES string of the molecule is c1ccc(C2=NC(c3ccccc3)NC(c3cccc4sc5c(-c6ccc7c(c6)oc6ccc(-n8c9ccccc9c9ccccc98)cc67)cccc5c34)=N2)cc1.